The number of hydrogen-bond donors (Lipinski definition) is 0. The van der Waals surface area contributed by atoms with Gasteiger partial charge < -0.3 is 9.47 Å². The van der Waals surface area contributed by atoms with Crippen LogP contribution in [0.15, 0.2) is 164 Å². The lowest BCUT2D eigenvalue weighted by atomic mass is 10.1. The molecule has 208 valence electrons. The van der Waals surface area contributed by atoms with Gasteiger partial charge in [-0.3, -0.25) is 0 Å². The van der Waals surface area contributed by atoms with Gasteiger partial charge in [0.2, 0.25) is 0 Å². The molecule has 0 atom stereocenters. The van der Waals surface area contributed by atoms with Gasteiger partial charge >= 0.3 is 12.8 Å². The molecule has 42 heavy (non-hydrogen) atoms. The molecule has 0 aromatic heterocycles. The molecule has 5 aromatic carbocycles. The van der Waals surface area contributed by atoms with Gasteiger partial charge in [0, 0.05) is 11.6 Å². The molecule has 0 fully saturated rings. The van der Waals surface area contributed by atoms with Crippen molar-refractivity contribution < 1.29 is 9.47 Å². The number of benzene rings is 5. The highest BCUT2D eigenvalue weighted by Gasteiger charge is 2.38. The third-order valence-electron chi connectivity index (χ3n) is 6.89. The smallest absolute Gasteiger partial charge is 0.327 e. The van der Waals surface area contributed by atoms with E-state index in [0.717, 1.165) is 28.3 Å². The first-order valence-electron chi connectivity index (χ1n) is 14.1. The lowest BCUT2D eigenvalue weighted by molar-refractivity contribution is 0.298. The highest BCUT2D eigenvalue weighted by molar-refractivity contribution is 7.87. The van der Waals surface area contributed by atoms with Crippen molar-refractivity contribution in [3.63, 3.8) is 0 Å². The largest absolute Gasteiger partial charge is 0.497 e. The van der Waals surface area contributed by atoms with Gasteiger partial charge in [0.05, 0.1) is 35.2 Å². The second kappa shape index (κ2) is 14.2. The highest BCUT2D eigenvalue weighted by atomic mass is 31.2. The van der Waals surface area contributed by atoms with Crippen molar-refractivity contribution >= 4 is 34.4 Å². The molecule has 0 aliphatic rings. The first kappa shape index (κ1) is 28.7. The fraction of sp³-hybridized carbons (Fsp3) is 0.0789. The summed E-state index contributed by atoms with van der Waals surface area (Å²) in [6, 6.07) is 50.4. The van der Waals surface area contributed by atoms with Crippen LogP contribution in [0.5, 0.6) is 5.75 Å². The summed E-state index contributed by atoms with van der Waals surface area (Å²) >= 11 is 0. The second-order valence-electron chi connectivity index (χ2n) is 9.54. The molecule has 0 aliphatic heterocycles. The van der Waals surface area contributed by atoms with E-state index in [1.165, 1.54) is 15.9 Å². The predicted octanol–water partition coefficient (Wildman–Crippen LogP) is 7.36. The zero-order chi connectivity index (χ0) is 29.0. The summed E-state index contributed by atoms with van der Waals surface area (Å²) in [5.74, 6) is 1.60. The van der Waals surface area contributed by atoms with E-state index in [4.69, 9.17) is 13.9 Å². The molecule has 0 aliphatic carbocycles. The number of allylic oxidation sites excluding steroid dienone is 3. The minimum Gasteiger partial charge on any atom is -0.497 e. The SMILES string of the molecule is CCOC(=CC=CC(=[N+]=P(c1ccccc1)(c1ccccc1)c1ccccc1)c1ccccc1)c1ccc(OC)cc1. The van der Waals surface area contributed by atoms with Crippen LogP contribution in [0.25, 0.3) is 5.76 Å². The molecule has 3 nitrogen and oxygen atoms in total. The van der Waals surface area contributed by atoms with Gasteiger partial charge in [-0.2, -0.15) is 0 Å². The number of hydrogen-bond acceptors (Lipinski definition) is 2. The van der Waals surface area contributed by atoms with Crippen LogP contribution >= 0.6 is 7.05 Å². The molecule has 0 saturated carbocycles. The first-order chi connectivity index (χ1) is 20.7. The minimum atomic E-state index is -2.45. The van der Waals surface area contributed by atoms with E-state index < -0.39 is 7.05 Å². The Morgan fingerprint density at radius 1 is 0.619 bits per heavy atom. The molecule has 0 spiro atoms. The lowest BCUT2D eigenvalue weighted by Crippen LogP contribution is -2.28. The Bertz CT molecular complexity index is 1620. The summed E-state index contributed by atoms with van der Waals surface area (Å²) in [7, 11) is -0.777. The normalized spacial score (nSPS) is 11.6. The molecule has 0 radical (unpaired) electrons. The maximum Gasteiger partial charge on any atom is 0.327 e. The van der Waals surface area contributed by atoms with Crippen LogP contribution in [-0.4, -0.2) is 19.4 Å². The summed E-state index contributed by atoms with van der Waals surface area (Å²) in [5.41, 5.74) is 2.94. The maximum atomic E-state index is 6.03. The van der Waals surface area contributed by atoms with Gasteiger partial charge in [-0.1, -0.05) is 78.9 Å². The summed E-state index contributed by atoms with van der Waals surface area (Å²) < 4.78 is 17.2. The molecule has 0 N–H and O–H groups in total. The molecule has 4 heteroatoms. The van der Waals surface area contributed by atoms with Crippen LogP contribution in [-0.2, 0) is 4.74 Å². The van der Waals surface area contributed by atoms with Gasteiger partial charge in [-0.25, -0.2) is 0 Å². The van der Waals surface area contributed by atoms with E-state index >= 15 is 0 Å². The fourth-order valence-electron chi connectivity index (χ4n) is 4.87. The molecule has 0 heterocycles. The maximum absolute atomic E-state index is 6.03. The van der Waals surface area contributed by atoms with Gasteiger partial charge in [0.1, 0.15) is 11.5 Å². The second-order valence-corrected chi connectivity index (χ2v) is 12.6. The van der Waals surface area contributed by atoms with Gasteiger partial charge in [-0.05, 0) is 85.8 Å². The van der Waals surface area contributed by atoms with E-state index in [-0.39, 0.29) is 0 Å². The molecule has 0 amide bonds. The number of rotatable bonds is 10. The Hall–Kier alpha value is -4.81. The summed E-state index contributed by atoms with van der Waals surface area (Å²) in [4.78, 5) is 0. The Balaban J connectivity index is 1.81. The van der Waals surface area contributed by atoms with Crippen molar-refractivity contribution in [1.29, 1.82) is 0 Å². The molecule has 0 unspecified atom stereocenters. The predicted molar refractivity (Wildman–Crippen MR) is 180 cm³/mol. The molecule has 0 saturated heterocycles. The summed E-state index contributed by atoms with van der Waals surface area (Å²) in [5, 5.41) is 3.61. The summed E-state index contributed by atoms with van der Waals surface area (Å²) in [6.07, 6.45) is 6.15. The average Bonchev–Trinajstić information content (AvgIpc) is 3.07. The van der Waals surface area contributed by atoms with E-state index in [9.17, 15) is 0 Å². The highest BCUT2D eigenvalue weighted by Crippen LogP contribution is 2.42. The number of nitrogens with zero attached hydrogens (tertiary/aromatic N) is 1. The van der Waals surface area contributed by atoms with Crippen molar-refractivity contribution in [3.8, 4) is 5.75 Å². The Kier molecular flexibility index (Phi) is 9.70. The topological polar surface area (TPSA) is 32.6 Å². The lowest BCUT2D eigenvalue weighted by Gasteiger charge is -2.15. The van der Waals surface area contributed by atoms with Crippen LogP contribution < -0.4 is 25.1 Å². The third-order valence-corrected chi connectivity index (χ3v) is 10.5. The van der Waals surface area contributed by atoms with Crippen molar-refractivity contribution in [1.82, 2.24) is 4.42 Å². The fourth-order valence-corrected chi connectivity index (χ4v) is 8.43. The summed E-state index contributed by atoms with van der Waals surface area (Å²) in [6.45, 7) is 2.56. The Morgan fingerprint density at radius 3 is 1.55 bits per heavy atom. The monoisotopic (exact) mass is 568 g/mol. The Morgan fingerprint density at radius 2 is 1.10 bits per heavy atom. The quantitative estimate of drug-likeness (QED) is 0.0580. The van der Waals surface area contributed by atoms with Crippen LogP contribution in [0.2, 0.25) is 0 Å². The first-order valence-corrected chi connectivity index (χ1v) is 15.9. The minimum absolute atomic E-state index is 0.565. The molecule has 5 rings (SSSR count). The van der Waals surface area contributed by atoms with Crippen molar-refractivity contribution in [3.05, 3.63) is 175 Å². The number of ether oxygens (including phenoxy) is 2. The molecule has 0 bridgehead atoms. The number of methoxy groups -OCH3 is 1. The third kappa shape index (κ3) is 6.56. The standard InChI is InChI=1S/C38H35NO2P/c1-3-41-38(32-27-29-33(40-2)30-28-32)26-16-25-37(31-17-8-4-9-18-31)39-42(34-19-10-5-11-20-34,35-21-12-6-13-22-35)36-23-14-7-15-24-36/h4-30H,3H2,1-2H3/q+1. The molecule has 5 aromatic rings. The van der Waals surface area contributed by atoms with Gasteiger partial charge in [0.15, 0.2) is 0 Å². The van der Waals surface area contributed by atoms with Crippen LogP contribution in [0.1, 0.15) is 18.1 Å². The van der Waals surface area contributed by atoms with Crippen LogP contribution in [0.3, 0.4) is 0 Å². The van der Waals surface area contributed by atoms with Gasteiger partial charge in [0.25, 0.3) is 0 Å². The van der Waals surface area contributed by atoms with E-state index in [1.54, 1.807) is 7.11 Å². The van der Waals surface area contributed by atoms with Crippen LogP contribution in [0, 0.1) is 0 Å². The Labute approximate surface area is 249 Å². The van der Waals surface area contributed by atoms with E-state index in [2.05, 4.69) is 121 Å². The molecular formula is C38H35NO2P+. The van der Waals surface area contributed by atoms with E-state index in [1.807, 2.05) is 49.4 Å². The zero-order valence-corrected chi connectivity index (χ0v) is 24.9. The van der Waals surface area contributed by atoms with Crippen molar-refractivity contribution in [2.75, 3.05) is 13.7 Å². The van der Waals surface area contributed by atoms with Crippen molar-refractivity contribution in [2.24, 2.45) is 0 Å². The van der Waals surface area contributed by atoms with Crippen molar-refractivity contribution in [2.45, 2.75) is 6.92 Å². The van der Waals surface area contributed by atoms with Crippen LogP contribution in [0.4, 0.5) is 0 Å². The van der Waals surface area contributed by atoms with E-state index in [0.29, 0.717) is 6.61 Å². The van der Waals surface area contributed by atoms with Gasteiger partial charge in [-0.15, -0.1) is 4.42 Å². The molecular weight excluding hydrogens is 533 g/mol. The zero-order valence-electron chi connectivity index (χ0n) is 24.0. The average molecular weight is 569 g/mol.